The van der Waals surface area contributed by atoms with Gasteiger partial charge in [0.05, 0.1) is 6.54 Å². The van der Waals surface area contributed by atoms with E-state index in [0.717, 1.165) is 28.7 Å². The second-order valence-corrected chi connectivity index (χ2v) is 10.6. The molecule has 4 rings (SSSR count). The lowest BCUT2D eigenvalue weighted by Crippen LogP contribution is -2.47. The van der Waals surface area contributed by atoms with Crippen LogP contribution >= 0.6 is 0 Å². The van der Waals surface area contributed by atoms with E-state index in [-0.39, 0.29) is 25.0 Å². The van der Waals surface area contributed by atoms with Crippen molar-refractivity contribution in [1.82, 2.24) is 10.2 Å². The van der Waals surface area contributed by atoms with Crippen LogP contribution in [0.5, 0.6) is 0 Å². The highest BCUT2D eigenvalue weighted by Crippen LogP contribution is 2.44. The van der Waals surface area contributed by atoms with Gasteiger partial charge < -0.3 is 24.4 Å². The number of alkyl carbamates (subject to hydrolysis) is 1. The van der Waals surface area contributed by atoms with E-state index in [0.29, 0.717) is 31.2 Å². The second kappa shape index (κ2) is 14.8. The van der Waals surface area contributed by atoms with Gasteiger partial charge in [-0.1, -0.05) is 92.7 Å². The molecule has 0 aromatic heterocycles. The first kappa shape index (κ1) is 30.3. The van der Waals surface area contributed by atoms with Gasteiger partial charge in [-0.25, -0.2) is 4.79 Å². The molecule has 7 heteroatoms. The highest BCUT2D eigenvalue weighted by atomic mass is 16.7. The van der Waals surface area contributed by atoms with Crippen LogP contribution in [0.4, 0.5) is 4.79 Å². The Bertz CT molecular complexity index is 1230. The van der Waals surface area contributed by atoms with Gasteiger partial charge in [-0.05, 0) is 54.0 Å². The Hall–Kier alpha value is -3.68. The normalized spacial score (nSPS) is 13.1. The maximum absolute atomic E-state index is 14.1. The van der Waals surface area contributed by atoms with E-state index in [2.05, 4.69) is 43.4 Å². The Morgan fingerprint density at radius 2 is 1.39 bits per heavy atom. The van der Waals surface area contributed by atoms with E-state index >= 15 is 0 Å². The SMILES string of the molecule is CCOC(CN(CCC(C)C)C(=O)[C@@H](NC(=O)OCC1c2ccccc2-c2ccccc21)c1ccccc1)OCC. The smallest absolute Gasteiger partial charge is 0.408 e. The summed E-state index contributed by atoms with van der Waals surface area (Å²) in [4.78, 5) is 29.1. The number of ether oxygens (including phenoxy) is 3. The van der Waals surface area contributed by atoms with Crippen molar-refractivity contribution < 1.29 is 23.8 Å². The number of nitrogens with one attached hydrogen (secondary N) is 1. The Labute approximate surface area is 243 Å². The van der Waals surface area contributed by atoms with Gasteiger partial charge in [-0.2, -0.15) is 0 Å². The maximum atomic E-state index is 14.1. The summed E-state index contributed by atoms with van der Waals surface area (Å²) in [6.07, 6.45) is -0.376. The van der Waals surface area contributed by atoms with E-state index in [1.165, 1.54) is 0 Å². The summed E-state index contributed by atoms with van der Waals surface area (Å²) in [6, 6.07) is 24.8. The van der Waals surface area contributed by atoms with Gasteiger partial charge in [0.15, 0.2) is 6.29 Å². The number of rotatable bonds is 14. The van der Waals surface area contributed by atoms with Gasteiger partial charge >= 0.3 is 6.09 Å². The molecule has 1 atom stereocenters. The Morgan fingerprint density at radius 3 is 1.95 bits per heavy atom. The lowest BCUT2D eigenvalue weighted by atomic mass is 9.98. The predicted octanol–water partition coefficient (Wildman–Crippen LogP) is 6.54. The third-order valence-corrected chi connectivity index (χ3v) is 7.35. The number of amides is 2. The number of fused-ring (bicyclic) bond motifs is 3. The molecule has 0 spiro atoms. The Balaban J connectivity index is 1.52. The van der Waals surface area contributed by atoms with E-state index in [9.17, 15) is 9.59 Å². The van der Waals surface area contributed by atoms with Gasteiger partial charge in [0, 0.05) is 25.7 Å². The van der Waals surface area contributed by atoms with Crippen molar-refractivity contribution in [2.75, 3.05) is 32.9 Å². The van der Waals surface area contributed by atoms with Crippen LogP contribution in [0.1, 0.15) is 62.8 Å². The summed E-state index contributed by atoms with van der Waals surface area (Å²) in [7, 11) is 0. The zero-order chi connectivity index (χ0) is 29.2. The van der Waals surface area contributed by atoms with E-state index in [1.807, 2.05) is 68.4 Å². The molecule has 0 fully saturated rings. The number of hydrogen-bond donors (Lipinski definition) is 1. The minimum absolute atomic E-state index is 0.0697. The molecule has 2 amide bonds. The molecule has 0 heterocycles. The number of benzene rings is 3. The van der Waals surface area contributed by atoms with Crippen molar-refractivity contribution in [3.8, 4) is 11.1 Å². The third kappa shape index (κ3) is 7.75. The first-order valence-corrected chi connectivity index (χ1v) is 14.6. The van der Waals surface area contributed by atoms with Crippen LogP contribution in [0.15, 0.2) is 78.9 Å². The highest BCUT2D eigenvalue weighted by Gasteiger charge is 2.32. The first-order chi connectivity index (χ1) is 19.9. The first-order valence-electron chi connectivity index (χ1n) is 14.6. The third-order valence-electron chi connectivity index (χ3n) is 7.35. The van der Waals surface area contributed by atoms with Gasteiger partial charge in [0.1, 0.15) is 12.6 Å². The van der Waals surface area contributed by atoms with Crippen molar-refractivity contribution >= 4 is 12.0 Å². The zero-order valence-corrected chi connectivity index (χ0v) is 24.5. The molecule has 1 N–H and O–H groups in total. The minimum atomic E-state index is -0.914. The van der Waals surface area contributed by atoms with Crippen LogP contribution < -0.4 is 5.32 Å². The second-order valence-electron chi connectivity index (χ2n) is 10.6. The van der Waals surface area contributed by atoms with E-state index < -0.39 is 18.4 Å². The van der Waals surface area contributed by atoms with Gasteiger partial charge in [-0.15, -0.1) is 0 Å². The fourth-order valence-corrected chi connectivity index (χ4v) is 5.28. The molecule has 1 aliphatic rings. The molecule has 3 aromatic carbocycles. The predicted molar refractivity (Wildman–Crippen MR) is 160 cm³/mol. The highest BCUT2D eigenvalue weighted by molar-refractivity contribution is 5.87. The molecule has 0 radical (unpaired) electrons. The molecule has 0 bridgehead atoms. The van der Waals surface area contributed by atoms with Crippen molar-refractivity contribution in [2.45, 2.75) is 52.4 Å². The standard InChI is InChI=1S/C34H42N2O5/c1-5-39-31(40-6-2)22-36(21-20-24(3)4)33(37)32(25-14-8-7-9-15-25)35-34(38)41-23-30-28-18-12-10-16-26(28)27-17-11-13-19-29(27)30/h7-19,24,30-32H,5-6,20-23H2,1-4H3,(H,35,38)/t32-/m0/s1. The Kier molecular flexibility index (Phi) is 10.9. The molecule has 41 heavy (non-hydrogen) atoms. The quantitative estimate of drug-likeness (QED) is 0.227. The fraction of sp³-hybridized carbons (Fsp3) is 0.412. The van der Waals surface area contributed by atoms with Gasteiger partial charge in [0.25, 0.3) is 0 Å². The molecular formula is C34H42N2O5. The summed E-state index contributed by atoms with van der Waals surface area (Å²) in [6.45, 7) is 9.93. The molecule has 0 unspecified atom stereocenters. The maximum Gasteiger partial charge on any atom is 0.408 e. The topological polar surface area (TPSA) is 77.1 Å². The average Bonchev–Trinajstić information content (AvgIpc) is 3.30. The number of carbonyl (C=O) groups excluding carboxylic acids is 2. The summed E-state index contributed by atoms with van der Waals surface area (Å²) in [5, 5.41) is 2.88. The van der Waals surface area contributed by atoms with Crippen LogP contribution in [0.25, 0.3) is 11.1 Å². The molecule has 0 aliphatic heterocycles. The van der Waals surface area contributed by atoms with Crippen molar-refractivity contribution in [1.29, 1.82) is 0 Å². The zero-order valence-electron chi connectivity index (χ0n) is 24.5. The van der Waals surface area contributed by atoms with Crippen LogP contribution in [-0.4, -0.2) is 56.1 Å². The summed E-state index contributed by atoms with van der Waals surface area (Å²) in [5.41, 5.74) is 5.27. The monoisotopic (exact) mass is 558 g/mol. The van der Waals surface area contributed by atoms with Crippen LogP contribution in [0.3, 0.4) is 0 Å². The lowest BCUT2D eigenvalue weighted by Gasteiger charge is -2.31. The average molecular weight is 559 g/mol. The summed E-state index contributed by atoms with van der Waals surface area (Å²) in [5.74, 6) is 0.0997. The van der Waals surface area contributed by atoms with Gasteiger partial charge in [0.2, 0.25) is 5.91 Å². The van der Waals surface area contributed by atoms with Crippen molar-refractivity contribution in [2.24, 2.45) is 5.92 Å². The fourth-order valence-electron chi connectivity index (χ4n) is 5.28. The number of hydrogen-bond acceptors (Lipinski definition) is 5. The molecule has 7 nitrogen and oxygen atoms in total. The molecule has 3 aromatic rings. The molecular weight excluding hydrogens is 516 g/mol. The minimum Gasteiger partial charge on any atom is -0.449 e. The molecule has 1 aliphatic carbocycles. The van der Waals surface area contributed by atoms with E-state index in [1.54, 1.807) is 4.90 Å². The van der Waals surface area contributed by atoms with Crippen molar-refractivity contribution in [3.63, 3.8) is 0 Å². The van der Waals surface area contributed by atoms with Gasteiger partial charge in [-0.3, -0.25) is 4.79 Å². The molecule has 0 saturated carbocycles. The lowest BCUT2D eigenvalue weighted by molar-refractivity contribution is -0.160. The van der Waals surface area contributed by atoms with Crippen LogP contribution in [-0.2, 0) is 19.0 Å². The largest absolute Gasteiger partial charge is 0.449 e. The number of carbonyl (C=O) groups is 2. The number of nitrogens with zero attached hydrogens (tertiary/aromatic N) is 1. The van der Waals surface area contributed by atoms with Crippen LogP contribution in [0.2, 0.25) is 0 Å². The molecule has 0 saturated heterocycles. The summed E-state index contributed by atoms with van der Waals surface area (Å²) < 4.78 is 17.3. The Morgan fingerprint density at radius 1 is 0.829 bits per heavy atom. The van der Waals surface area contributed by atoms with Crippen molar-refractivity contribution in [3.05, 3.63) is 95.6 Å². The van der Waals surface area contributed by atoms with Crippen LogP contribution in [0, 0.1) is 5.92 Å². The van der Waals surface area contributed by atoms with E-state index in [4.69, 9.17) is 14.2 Å². The molecule has 218 valence electrons. The summed E-state index contributed by atoms with van der Waals surface area (Å²) >= 11 is 0.